The van der Waals surface area contributed by atoms with Gasteiger partial charge in [-0.25, -0.2) is 0 Å². The maximum absolute atomic E-state index is 5.09. The fourth-order valence-electron chi connectivity index (χ4n) is 0.989. The molecule has 1 nitrogen and oxygen atoms in total. The zero-order valence-corrected chi connectivity index (χ0v) is 5.71. The van der Waals surface area contributed by atoms with Crippen molar-refractivity contribution in [3.63, 3.8) is 0 Å². The van der Waals surface area contributed by atoms with Gasteiger partial charge in [-0.05, 0) is 11.6 Å². The Hall–Kier alpha value is -0.820. The van der Waals surface area contributed by atoms with Crippen molar-refractivity contribution < 1.29 is 4.74 Å². The SMILES string of the molecule is [c]1ccccc1C[C@H]1CO1. The van der Waals surface area contributed by atoms with Gasteiger partial charge in [-0.3, -0.25) is 0 Å². The molecular formula is C9H9O. The lowest BCUT2D eigenvalue weighted by molar-refractivity contribution is 0.407. The van der Waals surface area contributed by atoms with Crippen LogP contribution in [-0.2, 0) is 11.2 Å². The lowest BCUT2D eigenvalue weighted by atomic mass is 10.1. The predicted octanol–water partition coefficient (Wildman–Crippen LogP) is 1.43. The zero-order chi connectivity index (χ0) is 6.81. The van der Waals surface area contributed by atoms with E-state index in [0.717, 1.165) is 13.0 Å². The summed E-state index contributed by atoms with van der Waals surface area (Å²) in [4.78, 5) is 0. The summed E-state index contributed by atoms with van der Waals surface area (Å²) in [7, 11) is 0. The minimum Gasteiger partial charge on any atom is -0.373 e. The van der Waals surface area contributed by atoms with Gasteiger partial charge in [-0.15, -0.1) is 0 Å². The highest BCUT2D eigenvalue weighted by Gasteiger charge is 2.22. The van der Waals surface area contributed by atoms with E-state index >= 15 is 0 Å². The van der Waals surface area contributed by atoms with Crippen LogP contribution in [0.1, 0.15) is 5.56 Å². The zero-order valence-electron chi connectivity index (χ0n) is 5.71. The van der Waals surface area contributed by atoms with Gasteiger partial charge < -0.3 is 4.74 Å². The summed E-state index contributed by atoms with van der Waals surface area (Å²) in [6.45, 7) is 0.933. The van der Waals surface area contributed by atoms with Crippen LogP contribution in [0.4, 0.5) is 0 Å². The van der Waals surface area contributed by atoms with Crippen LogP contribution in [0.2, 0.25) is 0 Å². The van der Waals surface area contributed by atoms with Gasteiger partial charge in [0, 0.05) is 6.42 Å². The highest BCUT2D eigenvalue weighted by atomic mass is 16.6. The molecule has 1 heterocycles. The second kappa shape index (κ2) is 2.43. The van der Waals surface area contributed by atoms with Crippen LogP contribution in [0, 0.1) is 6.07 Å². The van der Waals surface area contributed by atoms with E-state index in [1.165, 1.54) is 5.56 Å². The van der Waals surface area contributed by atoms with E-state index < -0.39 is 0 Å². The highest BCUT2D eigenvalue weighted by Crippen LogP contribution is 2.14. The van der Waals surface area contributed by atoms with E-state index in [9.17, 15) is 0 Å². The van der Waals surface area contributed by atoms with Crippen molar-refractivity contribution in [1.29, 1.82) is 0 Å². The molecule has 0 aromatic heterocycles. The lowest BCUT2D eigenvalue weighted by Gasteiger charge is -1.93. The summed E-state index contributed by atoms with van der Waals surface area (Å²) in [5.74, 6) is 0. The molecule has 51 valence electrons. The molecule has 0 N–H and O–H groups in total. The van der Waals surface area contributed by atoms with Crippen molar-refractivity contribution in [2.24, 2.45) is 0 Å². The first-order valence-corrected chi connectivity index (χ1v) is 3.52. The molecule has 2 rings (SSSR count). The first kappa shape index (κ1) is 5.93. The molecule has 1 radical (unpaired) electrons. The summed E-state index contributed by atoms with van der Waals surface area (Å²) in [5, 5.41) is 0. The lowest BCUT2D eigenvalue weighted by Crippen LogP contribution is -1.91. The third-order valence-electron chi connectivity index (χ3n) is 1.62. The molecule has 1 heteroatoms. The molecular weight excluding hydrogens is 124 g/mol. The predicted molar refractivity (Wildman–Crippen MR) is 38.7 cm³/mol. The van der Waals surface area contributed by atoms with Gasteiger partial charge in [0.05, 0.1) is 12.7 Å². The molecule has 0 unspecified atom stereocenters. The van der Waals surface area contributed by atoms with E-state index in [-0.39, 0.29) is 0 Å². The molecule has 1 saturated heterocycles. The Morgan fingerprint density at radius 2 is 2.50 bits per heavy atom. The quantitative estimate of drug-likeness (QED) is 0.556. The smallest absolute Gasteiger partial charge is 0.0850 e. The van der Waals surface area contributed by atoms with Crippen LogP contribution in [0.5, 0.6) is 0 Å². The summed E-state index contributed by atoms with van der Waals surface area (Å²) in [6, 6.07) is 11.2. The molecule has 1 aromatic carbocycles. The van der Waals surface area contributed by atoms with Gasteiger partial charge in [0.25, 0.3) is 0 Å². The number of hydrogen-bond donors (Lipinski definition) is 0. The minimum absolute atomic E-state index is 0.485. The fraction of sp³-hybridized carbons (Fsp3) is 0.333. The monoisotopic (exact) mass is 133 g/mol. The fourth-order valence-corrected chi connectivity index (χ4v) is 0.989. The first-order valence-electron chi connectivity index (χ1n) is 3.52. The summed E-state index contributed by atoms with van der Waals surface area (Å²) in [5.41, 5.74) is 1.25. The molecule has 0 aliphatic carbocycles. The highest BCUT2D eigenvalue weighted by molar-refractivity contribution is 5.14. The molecule has 0 amide bonds. The van der Waals surface area contributed by atoms with Crippen molar-refractivity contribution in [2.45, 2.75) is 12.5 Å². The van der Waals surface area contributed by atoms with Crippen molar-refractivity contribution in [3.05, 3.63) is 35.9 Å². The van der Waals surface area contributed by atoms with Crippen LogP contribution in [0.25, 0.3) is 0 Å². The van der Waals surface area contributed by atoms with Crippen LogP contribution < -0.4 is 0 Å². The average molecular weight is 133 g/mol. The minimum atomic E-state index is 0.485. The van der Waals surface area contributed by atoms with Crippen LogP contribution in [-0.4, -0.2) is 12.7 Å². The molecule has 1 atom stereocenters. The van der Waals surface area contributed by atoms with Gasteiger partial charge >= 0.3 is 0 Å². The van der Waals surface area contributed by atoms with Crippen molar-refractivity contribution in [3.8, 4) is 0 Å². The molecule has 1 aliphatic rings. The maximum Gasteiger partial charge on any atom is 0.0850 e. The van der Waals surface area contributed by atoms with Crippen molar-refractivity contribution in [1.82, 2.24) is 0 Å². The Balaban J connectivity index is 2.03. The second-order valence-corrected chi connectivity index (χ2v) is 2.55. The number of ether oxygens (including phenoxy) is 1. The summed E-state index contributed by atoms with van der Waals surface area (Å²) >= 11 is 0. The van der Waals surface area contributed by atoms with E-state index in [2.05, 4.69) is 12.1 Å². The van der Waals surface area contributed by atoms with Crippen molar-refractivity contribution in [2.75, 3.05) is 6.61 Å². The van der Waals surface area contributed by atoms with E-state index in [1.54, 1.807) is 0 Å². The molecule has 0 spiro atoms. The van der Waals surface area contributed by atoms with Gasteiger partial charge in [0.2, 0.25) is 0 Å². The van der Waals surface area contributed by atoms with Crippen LogP contribution in [0.3, 0.4) is 0 Å². The van der Waals surface area contributed by atoms with Gasteiger partial charge in [-0.2, -0.15) is 0 Å². The number of epoxide rings is 1. The Morgan fingerprint density at radius 3 is 3.10 bits per heavy atom. The van der Waals surface area contributed by atoms with Gasteiger partial charge in [0.1, 0.15) is 0 Å². The number of benzene rings is 1. The molecule has 0 saturated carbocycles. The Labute approximate surface area is 60.6 Å². The molecule has 1 aromatic rings. The van der Waals surface area contributed by atoms with Crippen LogP contribution >= 0.6 is 0 Å². The van der Waals surface area contributed by atoms with Gasteiger partial charge in [-0.1, -0.05) is 24.3 Å². The Kier molecular flexibility index (Phi) is 1.44. The summed E-state index contributed by atoms with van der Waals surface area (Å²) in [6.07, 6.45) is 1.51. The number of rotatable bonds is 2. The molecule has 1 aliphatic heterocycles. The number of hydrogen-bond acceptors (Lipinski definition) is 1. The Bertz CT molecular complexity index is 201. The molecule has 10 heavy (non-hydrogen) atoms. The van der Waals surface area contributed by atoms with Crippen LogP contribution in [0.15, 0.2) is 24.3 Å². The topological polar surface area (TPSA) is 12.5 Å². The summed E-state index contributed by atoms with van der Waals surface area (Å²) < 4.78 is 5.09. The third kappa shape index (κ3) is 1.36. The van der Waals surface area contributed by atoms with Gasteiger partial charge in [0.15, 0.2) is 0 Å². The largest absolute Gasteiger partial charge is 0.373 e. The average Bonchev–Trinajstić information content (AvgIpc) is 2.74. The normalized spacial score (nSPS) is 22.6. The first-order chi connectivity index (χ1) is 4.95. The van der Waals surface area contributed by atoms with E-state index in [1.807, 2.05) is 18.2 Å². The van der Waals surface area contributed by atoms with E-state index in [4.69, 9.17) is 4.74 Å². The van der Waals surface area contributed by atoms with Crippen molar-refractivity contribution >= 4 is 0 Å². The molecule has 1 fully saturated rings. The van der Waals surface area contributed by atoms with E-state index in [0.29, 0.717) is 6.10 Å². The Morgan fingerprint density at radius 1 is 1.60 bits per heavy atom. The molecule has 0 bridgehead atoms. The third-order valence-corrected chi connectivity index (χ3v) is 1.62. The maximum atomic E-state index is 5.09. The standard InChI is InChI=1S/C9H9O/c1-2-4-8(5-3-1)6-9-7-10-9/h1-4,9H,6-7H2/t9-/m0/s1. The second-order valence-electron chi connectivity index (χ2n) is 2.55.